The number of urea groups is 1. The molecule has 2 saturated heterocycles. The molecular formula is C17H32N4O3. The van der Waals surface area contributed by atoms with Crippen LogP contribution in [-0.4, -0.2) is 80.3 Å². The molecule has 24 heavy (non-hydrogen) atoms. The predicted octanol–water partition coefficient (Wildman–Crippen LogP) is 0.655. The molecule has 1 unspecified atom stereocenters. The molecule has 0 aromatic heterocycles. The molecule has 138 valence electrons. The molecule has 0 bridgehead atoms. The number of rotatable bonds is 7. The molecule has 7 heteroatoms. The van der Waals surface area contributed by atoms with Gasteiger partial charge in [-0.2, -0.15) is 0 Å². The van der Waals surface area contributed by atoms with Crippen molar-refractivity contribution >= 4 is 11.9 Å². The number of ether oxygens (including phenoxy) is 1. The molecule has 0 saturated carbocycles. The van der Waals surface area contributed by atoms with Gasteiger partial charge in [-0.1, -0.05) is 13.8 Å². The lowest BCUT2D eigenvalue weighted by molar-refractivity contribution is -0.129. The molecule has 0 aromatic carbocycles. The summed E-state index contributed by atoms with van der Waals surface area (Å²) >= 11 is 0. The van der Waals surface area contributed by atoms with Gasteiger partial charge in [-0.3, -0.25) is 9.69 Å². The van der Waals surface area contributed by atoms with Crippen molar-refractivity contribution in [2.45, 2.75) is 39.2 Å². The lowest BCUT2D eigenvalue weighted by Gasteiger charge is -2.36. The summed E-state index contributed by atoms with van der Waals surface area (Å²) in [4.78, 5) is 28.2. The zero-order valence-electron chi connectivity index (χ0n) is 15.1. The van der Waals surface area contributed by atoms with E-state index in [1.165, 1.54) is 0 Å². The quantitative estimate of drug-likeness (QED) is 0.714. The maximum absolute atomic E-state index is 12.0. The van der Waals surface area contributed by atoms with Crippen LogP contribution in [0.3, 0.4) is 0 Å². The fourth-order valence-electron chi connectivity index (χ4n) is 3.36. The third kappa shape index (κ3) is 5.94. The number of morpholine rings is 1. The van der Waals surface area contributed by atoms with E-state index in [-0.39, 0.29) is 11.9 Å². The van der Waals surface area contributed by atoms with E-state index < -0.39 is 0 Å². The smallest absolute Gasteiger partial charge is 0.314 e. The summed E-state index contributed by atoms with van der Waals surface area (Å²) in [7, 11) is 0. The molecular weight excluding hydrogens is 308 g/mol. The van der Waals surface area contributed by atoms with Crippen LogP contribution in [0.1, 0.15) is 33.1 Å². The van der Waals surface area contributed by atoms with Crippen molar-refractivity contribution < 1.29 is 14.3 Å². The summed E-state index contributed by atoms with van der Waals surface area (Å²) in [6.07, 6.45) is 2.57. The Balaban J connectivity index is 1.64. The average molecular weight is 340 g/mol. The molecule has 2 fully saturated rings. The second-order valence-electron chi connectivity index (χ2n) is 6.93. The Labute approximate surface area is 145 Å². The monoisotopic (exact) mass is 340 g/mol. The molecule has 1 atom stereocenters. The van der Waals surface area contributed by atoms with Crippen LogP contribution in [0.2, 0.25) is 0 Å². The highest BCUT2D eigenvalue weighted by Gasteiger charge is 2.24. The van der Waals surface area contributed by atoms with Crippen molar-refractivity contribution in [1.82, 2.24) is 20.4 Å². The van der Waals surface area contributed by atoms with Crippen molar-refractivity contribution in [2.24, 2.45) is 5.92 Å². The third-order valence-corrected chi connectivity index (χ3v) is 4.84. The van der Waals surface area contributed by atoms with E-state index in [1.807, 2.05) is 4.90 Å². The molecule has 0 radical (unpaired) electrons. The Bertz CT molecular complexity index is 405. The summed E-state index contributed by atoms with van der Waals surface area (Å²) < 4.78 is 5.40. The van der Waals surface area contributed by atoms with E-state index in [0.717, 1.165) is 52.2 Å². The Morgan fingerprint density at radius 1 is 1.04 bits per heavy atom. The van der Waals surface area contributed by atoms with Crippen LogP contribution in [0, 0.1) is 5.92 Å². The highest BCUT2D eigenvalue weighted by Crippen LogP contribution is 2.12. The number of nitrogens with one attached hydrogen (secondary N) is 2. The summed E-state index contributed by atoms with van der Waals surface area (Å²) in [5.41, 5.74) is 0. The van der Waals surface area contributed by atoms with Crippen molar-refractivity contribution in [3.8, 4) is 0 Å². The van der Waals surface area contributed by atoms with Gasteiger partial charge in [-0.15, -0.1) is 0 Å². The van der Waals surface area contributed by atoms with Crippen LogP contribution >= 0.6 is 0 Å². The van der Waals surface area contributed by atoms with Gasteiger partial charge in [0, 0.05) is 51.7 Å². The first-order valence-corrected chi connectivity index (χ1v) is 9.19. The van der Waals surface area contributed by atoms with E-state index in [2.05, 4.69) is 29.4 Å². The molecule has 0 aromatic rings. The molecule has 0 spiro atoms. The van der Waals surface area contributed by atoms with Crippen molar-refractivity contribution in [3.05, 3.63) is 0 Å². The lowest BCUT2D eigenvalue weighted by Crippen LogP contribution is -2.52. The van der Waals surface area contributed by atoms with Gasteiger partial charge in [0.2, 0.25) is 5.91 Å². The van der Waals surface area contributed by atoms with E-state index in [9.17, 15) is 9.59 Å². The minimum atomic E-state index is -0.192. The highest BCUT2D eigenvalue weighted by molar-refractivity contribution is 5.78. The molecule has 2 aliphatic rings. The van der Waals surface area contributed by atoms with Crippen molar-refractivity contribution in [3.63, 3.8) is 0 Å². The number of carbonyl (C=O) groups excluding carboxylic acids is 2. The third-order valence-electron chi connectivity index (χ3n) is 4.84. The molecule has 2 N–H and O–H groups in total. The van der Waals surface area contributed by atoms with Gasteiger partial charge in [-0.05, 0) is 18.8 Å². The normalized spacial score (nSPS) is 20.2. The zero-order chi connectivity index (χ0) is 17.4. The van der Waals surface area contributed by atoms with Crippen LogP contribution in [0.15, 0.2) is 0 Å². The molecule has 2 rings (SSSR count). The van der Waals surface area contributed by atoms with Crippen LogP contribution < -0.4 is 10.6 Å². The molecule has 7 nitrogen and oxygen atoms in total. The minimum absolute atomic E-state index is 0.140. The summed E-state index contributed by atoms with van der Waals surface area (Å²) in [6.45, 7) is 10.4. The Hall–Kier alpha value is -1.34. The first-order valence-electron chi connectivity index (χ1n) is 9.19. The van der Waals surface area contributed by atoms with E-state index >= 15 is 0 Å². The van der Waals surface area contributed by atoms with Gasteiger partial charge in [0.15, 0.2) is 0 Å². The van der Waals surface area contributed by atoms with Crippen LogP contribution in [0.25, 0.3) is 0 Å². The Morgan fingerprint density at radius 3 is 2.33 bits per heavy atom. The zero-order valence-corrected chi connectivity index (χ0v) is 15.1. The summed E-state index contributed by atoms with van der Waals surface area (Å²) in [6, 6.07) is 0.119. The second-order valence-corrected chi connectivity index (χ2v) is 6.93. The summed E-state index contributed by atoms with van der Waals surface area (Å²) in [5, 5.41) is 5.74. The number of hydrogen-bond donors (Lipinski definition) is 2. The SMILES string of the molecule is CC(C)C(CNC(=O)NCCC(=O)N1CCCC1)N1CCOCC1. The van der Waals surface area contributed by atoms with Crippen LogP contribution in [0.5, 0.6) is 0 Å². The topological polar surface area (TPSA) is 73.9 Å². The van der Waals surface area contributed by atoms with Crippen molar-refractivity contribution in [2.75, 3.05) is 52.5 Å². The fraction of sp³-hybridized carbons (Fsp3) is 0.882. The standard InChI is InChI=1S/C17H32N4O3/c1-14(2)15(20-9-11-24-12-10-20)13-19-17(23)18-6-5-16(22)21-7-3-4-8-21/h14-15H,3-13H2,1-2H3,(H2,18,19,23). The molecule has 0 aliphatic carbocycles. The predicted molar refractivity (Wildman–Crippen MR) is 92.9 cm³/mol. The largest absolute Gasteiger partial charge is 0.379 e. The second kappa shape index (κ2) is 9.84. The number of nitrogens with zero attached hydrogens (tertiary/aromatic N) is 2. The number of likely N-dealkylation sites (tertiary alicyclic amines) is 1. The van der Waals surface area contributed by atoms with Gasteiger partial charge in [0.25, 0.3) is 0 Å². The number of amides is 3. The van der Waals surface area contributed by atoms with Gasteiger partial charge in [-0.25, -0.2) is 4.79 Å². The van der Waals surface area contributed by atoms with Gasteiger partial charge in [0.05, 0.1) is 13.2 Å². The van der Waals surface area contributed by atoms with E-state index in [0.29, 0.717) is 31.5 Å². The molecule has 2 heterocycles. The first-order chi connectivity index (χ1) is 11.6. The van der Waals surface area contributed by atoms with Crippen LogP contribution in [-0.2, 0) is 9.53 Å². The Morgan fingerprint density at radius 2 is 1.71 bits per heavy atom. The molecule has 3 amide bonds. The first kappa shape index (κ1) is 19.0. The summed E-state index contributed by atoms with van der Waals surface area (Å²) in [5.74, 6) is 0.598. The Kier molecular flexibility index (Phi) is 7.78. The van der Waals surface area contributed by atoms with E-state index in [4.69, 9.17) is 4.74 Å². The minimum Gasteiger partial charge on any atom is -0.379 e. The fourth-order valence-corrected chi connectivity index (χ4v) is 3.36. The maximum Gasteiger partial charge on any atom is 0.314 e. The van der Waals surface area contributed by atoms with Gasteiger partial charge < -0.3 is 20.3 Å². The lowest BCUT2D eigenvalue weighted by atomic mass is 10.0. The van der Waals surface area contributed by atoms with Gasteiger partial charge in [0.1, 0.15) is 0 Å². The average Bonchev–Trinajstić information content (AvgIpc) is 3.10. The number of carbonyl (C=O) groups is 2. The van der Waals surface area contributed by atoms with E-state index in [1.54, 1.807) is 0 Å². The van der Waals surface area contributed by atoms with Crippen molar-refractivity contribution in [1.29, 1.82) is 0 Å². The number of hydrogen-bond acceptors (Lipinski definition) is 4. The highest BCUT2D eigenvalue weighted by atomic mass is 16.5. The van der Waals surface area contributed by atoms with Gasteiger partial charge >= 0.3 is 6.03 Å². The van der Waals surface area contributed by atoms with Crippen LogP contribution in [0.4, 0.5) is 4.79 Å². The molecule has 2 aliphatic heterocycles. The maximum atomic E-state index is 12.0.